The second-order valence-corrected chi connectivity index (χ2v) is 7.39. The number of rotatable bonds is 6. The Kier molecular flexibility index (Phi) is 7.53. The van der Waals surface area contributed by atoms with Crippen molar-refractivity contribution in [2.45, 2.75) is 19.0 Å². The van der Waals surface area contributed by atoms with Crippen LogP contribution in [0.2, 0.25) is 0 Å². The van der Waals surface area contributed by atoms with Gasteiger partial charge < -0.3 is 16.9 Å². The van der Waals surface area contributed by atoms with Crippen LogP contribution in [0.25, 0.3) is 5.57 Å². The molecule has 33 heavy (non-hydrogen) atoms. The summed E-state index contributed by atoms with van der Waals surface area (Å²) in [4.78, 5) is 20.1. The molecule has 0 aromatic heterocycles. The monoisotopic (exact) mass is 439 g/mol. The Hall–Kier alpha value is -4.03. The molecule has 0 unspecified atom stereocenters. The average molecular weight is 440 g/mol. The maximum absolute atomic E-state index is 13.9. The first-order valence-electron chi connectivity index (χ1n) is 10.7. The highest BCUT2D eigenvalue weighted by Gasteiger charge is 2.50. The number of aliphatic imine (C=N–C) groups is 1. The predicted octanol–water partition coefficient (Wildman–Crippen LogP) is 3.92. The smallest absolute Gasteiger partial charge is 0.266 e. The molecule has 0 fully saturated rings. The fourth-order valence-corrected chi connectivity index (χ4v) is 4.00. The molecule has 6 nitrogen and oxygen atoms in total. The molecule has 0 aliphatic carbocycles. The summed E-state index contributed by atoms with van der Waals surface area (Å²) in [5.74, 6) is 0.0209. The zero-order chi connectivity index (χ0) is 23.8. The van der Waals surface area contributed by atoms with Crippen molar-refractivity contribution in [3.8, 4) is 0 Å². The number of hydrogen-bond donors (Lipinski definition) is 3. The summed E-state index contributed by atoms with van der Waals surface area (Å²) in [7, 11) is 1.50. The Bertz CT molecular complexity index is 1130. The van der Waals surface area contributed by atoms with E-state index in [0.29, 0.717) is 6.54 Å². The van der Waals surface area contributed by atoms with Crippen LogP contribution in [0, 0.1) is 5.41 Å². The minimum atomic E-state index is -1.20. The highest BCUT2D eigenvalue weighted by Crippen LogP contribution is 2.40. The number of guanidine groups is 1. The van der Waals surface area contributed by atoms with Crippen LogP contribution < -0.4 is 11.5 Å². The summed E-state index contributed by atoms with van der Waals surface area (Å²) in [6.45, 7) is 2.20. The highest BCUT2D eigenvalue weighted by molar-refractivity contribution is 6.09. The summed E-state index contributed by atoms with van der Waals surface area (Å²) in [5, 5.41) is 7.60. The molecule has 0 saturated heterocycles. The highest BCUT2D eigenvalue weighted by atomic mass is 16.2. The molecule has 1 aliphatic rings. The van der Waals surface area contributed by atoms with Gasteiger partial charge in [-0.1, -0.05) is 84.9 Å². The molecule has 0 radical (unpaired) electrons. The summed E-state index contributed by atoms with van der Waals surface area (Å²) in [6.07, 6.45) is 3.21. The lowest BCUT2D eigenvalue weighted by molar-refractivity contribution is -0.130. The van der Waals surface area contributed by atoms with Gasteiger partial charge in [0.15, 0.2) is 11.5 Å². The van der Waals surface area contributed by atoms with Gasteiger partial charge in [-0.25, -0.2) is 4.99 Å². The predicted molar refractivity (Wildman–Crippen MR) is 135 cm³/mol. The molecule has 168 valence electrons. The van der Waals surface area contributed by atoms with Crippen molar-refractivity contribution in [2.24, 2.45) is 16.5 Å². The molecule has 0 atom stereocenters. The minimum absolute atomic E-state index is 0.175. The van der Waals surface area contributed by atoms with E-state index in [-0.39, 0.29) is 11.9 Å². The van der Waals surface area contributed by atoms with Crippen molar-refractivity contribution in [3.05, 3.63) is 113 Å². The summed E-state index contributed by atoms with van der Waals surface area (Å²) in [6, 6.07) is 26.9. The summed E-state index contributed by atoms with van der Waals surface area (Å²) < 4.78 is 0. The summed E-state index contributed by atoms with van der Waals surface area (Å²) >= 11 is 0. The normalized spacial score (nSPS) is 14.9. The number of nitrogens with one attached hydrogen (secondary N) is 1. The molecule has 3 aromatic rings. The molecule has 0 saturated carbocycles. The van der Waals surface area contributed by atoms with Gasteiger partial charge in [-0.3, -0.25) is 9.69 Å². The number of nitrogens with zero attached hydrogens (tertiary/aromatic N) is 2. The number of nitrogens with two attached hydrogens (primary N) is 2. The molecule has 4 rings (SSSR count). The average Bonchev–Trinajstić information content (AvgIpc) is 3.13. The Morgan fingerprint density at radius 2 is 1.55 bits per heavy atom. The van der Waals surface area contributed by atoms with Crippen LogP contribution in [0.1, 0.15) is 29.2 Å². The van der Waals surface area contributed by atoms with E-state index in [9.17, 15) is 4.79 Å². The minimum Gasteiger partial charge on any atom is -0.369 e. The van der Waals surface area contributed by atoms with Gasteiger partial charge in [-0.2, -0.15) is 0 Å². The molecule has 6 heteroatoms. The topological polar surface area (TPSA) is 109 Å². The molecule has 1 heterocycles. The number of carbonyl (C=O) groups excluding carboxylic acids is 1. The second kappa shape index (κ2) is 10.5. The SMILES string of the molecule is C/C=C(\C=N)c1cccc(CN2C(=O)C(c3ccccc3)(c3ccccc3)N=C2N)c1.CN. The third kappa shape index (κ3) is 4.47. The fraction of sp³-hybridized carbons (Fsp3) is 0.148. The van der Waals surface area contributed by atoms with E-state index in [0.717, 1.165) is 27.8 Å². The molecular formula is C27H29N5O. The Morgan fingerprint density at radius 3 is 2.06 bits per heavy atom. The summed E-state index contributed by atoms with van der Waals surface area (Å²) in [5.41, 5.74) is 13.9. The van der Waals surface area contributed by atoms with Gasteiger partial charge >= 0.3 is 0 Å². The maximum atomic E-state index is 13.9. The number of amides is 1. The largest absolute Gasteiger partial charge is 0.369 e. The molecule has 3 aromatic carbocycles. The number of allylic oxidation sites excluding steroid dienone is 2. The van der Waals surface area contributed by atoms with Gasteiger partial charge in [0.05, 0.1) is 6.54 Å². The van der Waals surface area contributed by atoms with Gasteiger partial charge in [0, 0.05) is 6.21 Å². The van der Waals surface area contributed by atoms with Crippen molar-refractivity contribution in [1.82, 2.24) is 4.90 Å². The maximum Gasteiger partial charge on any atom is 0.266 e. The molecular weight excluding hydrogens is 410 g/mol. The van der Waals surface area contributed by atoms with Gasteiger partial charge in [0.1, 0.15) is 0 Å². The number of benzene rings is 3. The van der Waals surface area contributed by atoms with Crippen LogP contribution in [0.3, 0.4) is 0 Å². The van der Waals surface area contributed by atoms with Gasteiger partial charge in [-0.15, -0.1) is 0 Å². The third-order valence-electron chi connectivity index (χ3n) is 5.56. The molecule has 0 spiro atoms. The van der Waals surface area contributed by atoms with Gasteiger partial charge in [-0.05, 0) is 47.9 Å². The van der Waals surface area contributed by atoms with Crippen LogP contribution in [0.5, 0.6) is 0 Å². The van der Waals surface area contributed by atoms with E-state index in [1.54, 1.807) is 4.90 Å². The quantitative estimate of drug-likeness (QED) is 0.507. The van der Waals surface area contributed by atoms with E-state index in [1.165, 1.54) is 13.3 Å². The van der Waals surface area contributed by atoms with Crippen LogP contribution in [-0.2, 0) is 16.9 Å². The lowest BCUT2D eigenvalue weighted by Crippen LogP contribution is -2.43. The Morgan fingerprint density at radius 1 is 0.970 bits per heavy atom. The van der Waals surface area contributed by atoms with E-state index >= 15 is 0 Å². The van der Waals surface area contributed by atoms with Crippen molar-refractivity contribution in [3.63, 3.8) is 0 Å². The van der Waals surface area contributed by atoms with Crippen molar-refractivity contribution < 1.29 is 4.79 Å². The van der Waals surface area contributed by atoms with E-state index in [2.05, 4.69) is 5.73 Å². The lowest BCUT2D eigenvalue weighted by Gasteiger charge is -2.27. The van der Waals surface area contributed by atoms with Crippen LogP contribution in [-0.4, -0.2) is 30.0 Å². The van der Waals surface area contributed by atoms with E-state index < -0.39 is 5.54 Å². The Labute approximate surface area is 194 Å². The fourth-order valence-electron chi connectivity index (χ4n) is 4.00. The van der Waals surface area contributed by atoms with E-state index in [1.807, 2.05) is 97.9 Å². The lowest BCUT2D eigenvalue weighted by atomic mass is 9.83. The Balaban J connectivity index is 0.00000149. The van der Waals surface area contributed by atoms with Crippen LogP contribution in [0.15, 0.2) is 96.0 Å². The number of hydrogen-bond acceptors (Lipinski definition) is 5. The first-order chi connectivity index (χ1) is 16.1. The zero-order valence-corrected chi connectivity index (χ0v) is 18.9. The van der Waals surface area contributed by atoms with Crippen molar-refractivity contribution >= 4 is 23.7 Å². The molecule has 5 N–H and O–H groups in total. The molecule has 1 amide bonds. The van der Waals surface area contributed by atoms with Gasteiger partial charge in [0.25, 0.3) is 5.91 Å². The van der Waals surface area contributed by atoms with Crippen molar-refractivity contribution in [1.29, 1.82) is 5.41 Å². The zero-order valence-electron chi connectivity index (χ0n) is 18.9. The van der Waals surface area contributed by atoms with E-state index in [4.69, 9.17) is 16.1 Å². The molecule has 0 bridgehead atoms. The first-order valence-corrected chi connectivity index (χ1v) is 10.7. The van der Waals surface area contributed by atoms with Crippen LogP contribution >= 0.6 is 0 Å². The van der Waals surface area contributed by atoms with Crippen LogP contribution in [0.4, 0.5) is 0 Å². The third-order valence-corrected chi connectivity index (χ3v) is 5.56. The number of carbonyl (C=O) groups is 1. The standard InChI is InChI=1S/C26H24N4O.CH5N/c1-2-20(17-27)21-11-9-10-19(16-21)18-30-24(31)26(29-25(30)28,22-12-5-3-6-13-22)23-14-7-4-8-15-23;1-2/h2-17,27H,18H2,1H3,(H2,28,29);2H2,1H3/b20-2+,27-17?;. The molecule has 1 aliphatic heterocycles. The van der Waals surface area contributed by atoms with Gasteiger partial charge in [0.2, 0.25) is 0 Å². The second-order valence-electron chi connectivity index (χ2n) is 7.39. The first kappa shape index (κ1) is 23.6. The van der Waals surface area contributed by atoms with Crippen molar-refractivity contribution in [2.75, 3.05) is 7.05 Å².